The van der Waals surface area contributed by atoms with Crippen molar-refractivity contribution in [2.75, 3.05) is 39.0 Å². The second kappa shape index (κ2) is 25.6. The van der Waals surface area contributed by atoms with Crippen molar-refractivity contribution in [3.63, 3.8) is 0 Å². The molecule has 1 aromatic carbocycles. The lowest BCUT2D eigenvalue weighted by atomic mass is 9.89. The second-order valence-corrected chi connectivity index (χ2v) is 19.6. The van der Waals surface area contributed by atoms with Gasteiger partial charge in [-0.15, -0.1) is 11.3 Å². The first kappa shape index (κ1) is 54.9. The number of nitrogens with one attached hydrogen (secondary N) is 3. The van der Waals surface area contributed by atoms with Crippen LogP contribution in [0.2, 0.25) is 0 Å². The monoisotopic (exact) mass is 962 g/mol. The van der Waals surface area contributed by atoms with Gasteiger partial charge in [-0.1, -0.05) is 59.6 Å². The smallest absolute Gasteiger partial charge is 0.306 e. The molecule has 1 saturated heterocycles. The molecule has 0 saturated carbocycles. The molecule has 2 aliphatic heterocycles. The number of amides is 7. The molecule has 0 aliphatic carbocycles. The predicted octanol–water partition coefficient (Wildman–Crippen LogP) is 4.79. The van der Waals surface area contributed by atoms with Crippen molar-refractivity contribution in [1.29, 1.82) is 0 Å². The Morgan fingerprint density at radius 3 is 2.26 bits per heavy atom. The number of aliphatic hydroxyl groups excluding tert-OH is 1. The number of likely N-dealkylation sites (tertiary alicyclic amines) is 1. The molecule has 372 valence electrons. The van der Waals surface area contributed by atoms with E-state index >= 15 is 0 Å². The topological polar surface area (TPSA) is 248 Å². The Morgan fingerprint density at radius 2 is 1.66 bits per heavy atom. The number of rotatable bonds is 26. The van der Waals surface area contributed by atoms with E-state index in [1.165, 1.54) is 23.7 Å². The molecule has 0 bridgehead atoms. The van der Waals surface area contributed by atoms with Crippen molar-refractivity contribution >= 4 is 70.6 Å². The quantitative estimate of drug-likeness (QED) is 0.0486. The van der Waals surface area contributed by atoms with Crippen molar-refractivity contribution < 1.29 is 48.6 Å². The molecule has 0 spiro atoms. The zero-order valence-corrected chi connectivity index (χ0v) is 41.5. The van der Waals surface area contributed by atoms with E-state index in [-0.39, 0.29) is 90.8 Å². The molecule has 5 N–H and O–H groups in total. The number of aliphatic carboxylic acids is 1. The van der Waals surface area contributed by atoms with Gasteiger partial charge in [0.15, 0.2) is 0 Å². The van der Waals surface area contributed by atoms with Crippen LogP contribution < -0.4 is 16.0 Å². The molecule has 1 fully saturated rings. The fraction of sp³-hybridized carbons (Fsp3) is 0.592. The number of likely N-dealkylation sites (N-methyl/N-ethyl adjacent to an activating group) is 1. The van der Waals surface area contributed by atoms with Crippen LogP contribution in [-0.2, 0) is 40.0 Å². The highest BCUT2D eigenvalue weighted by Crippen LogP contribution is 2.31. The zero-order valence-electron chi connectivity index (χ0n) is 40.7. The Kier molecular flexibility index (Phi) is 20.7. The maximum absolute atomic E-state index is 14.1. The molecular formula is C49H70N8O10S. The third-order valence-corrected chi connectivity index (χ3v) is 14.2. The lowest BCUT2D eigenvalue weighted by molar-refractivity contribution is -0.141. The first-order valence-corrected chi connectivity index (χ1v) is 24.5. The molecule has 19 heteroatoms. The van der Waals surface area contributed by atoms with Crippen LogP contribution >= 0.6 is 11.3 Å². The van der Waals surface area contributed by atoms with Crippen LogP contribution in [0.3, 0.4) is 0 Å². The van der Waals surface area contributed by atoms with E-state index in [1.54, 1.807) is 43.1 Å². The second-order valence-electron chi connectivity index (χ2n) is 18.7. The van der Waals surface area contributed by atoms with Crippen molar-refractivity contribution in [3.05, 3.63) is 58.1 Å². The average Bonchev–Trinajstić information content (AvgIpc) is 4.03. The summed E-state index contributed by atoms with van der Waals surface area (Å²) >= 11 is 1.11. The van der Waals surface area contributed by atoms with Crippen molar-refractivity contribution in [2.24, 2.45) is 28.7 Å². The van der Waals surface area contributed by atoms with Gasteiger partial charge < -0.3 is 31.1 Å². The van der Waals surface area contributed by atoms with Crippen LogP contribution in [0.5, 0.6) is 0 Å². The number of anilines is 1. The Morgan fingerprint density at radius 1 is 0.985 bits per heavy atom. The number of aliphatic hydroxyl groups is 1. The average molecular weight is 963 g/mol. The SMILES string of the molecule is CC[C@H](C)C(C=NC(=O)[C@@]1(C)CCCN1C)C(=O)N(C)[C@H](C[C@@H](O)c1nc(C(=O)N[C@@H](Cc2ccc(NC(=O)CNC(=O)CCCCCN3C(=O)C=CC3=O)cc2)C[C@H](C)C(=O)O)cs1)C(C)C. The number of thiazole rings is 1. The number of carbonyl (C=O) groups excluding carboxylic acids is 7. The lowest BCUT2D eigenvalue weighted by Gasteiger charge is -2.35. The van der Waals surface area contributed by atoms with Gasteiger partial charge in [-0.25, -0.2) is 9.98 Å². The van der Waals surface area contributed by atoms with Crippen molar-refractivity contribution in [3.8, 4) is 0 Å². The Hall–Kier alpha value is -5.66. The first-order valence-electron chi connectivity index (χ1n) is 23.6. The van der Waals surface area contributed by atoms with E-state index in [0.717, 1.165) is 34.8 Å². The molecule has 2 aromatic rings. The highest BCUT2D eigenvalue weighted by Gasteiger charge is 2.41. The van der Waals surface area contributed by atoms with Gasteiger partial charge in [-0.2, -0.15) is 0 Å². The fourth-order valence-corrected chi connectivity index (χ4v) is 9.16. The molecule has 1 unspecified atom stereocenters. The number of hydrogen-bond donors (Lipinski definition) is 5. The molecule has 18 nitrogen and oxygen atoms in total. The van der Waals surface area contributed by atoms with E-state index in [4.69, 9.17) is 0 Å². The summed E-state index contributed by atoms with van der Waals surface area (Å²) in [7, 11) is 3.60. The number of aromatic nitrogens is 1. The third-order valence-electron chi connectivity index (χ3n) is 13.2. The molecule has 7 amide bonds. The van der Waals surface area contributed by atoms with Crippen LogP contribution in [-0.4, -0.2) is 135 Å². The van der Waals surface area contributed by atoms with E-state index in [2.05, 4.69) is 25.9 Å². The molecule has 1 aromatic heterocycles. The van der Waals surface area contributed by atoms with Gasteiger partial charge in [0, 0.05) is 68.0 Å². The van der Waals surface area contributed by atoms with Crippen LogP contribution in [0.15, 0.2) is 46.8 Å². The molecule has 68 heavy (non-hydrogen) atoms. The fourth-order valence-electron chi connectivity index (χ4n) is 8.36. The van der Waals surface area contributed by atoms with Crippen LogP contribution in [0, 0.1) is 23.7 Å². The van der Waals surface area contributed by atoms with Crippen LogP contribution in [0.25, 0.3) is 0 Å². The van der Waals surface area contributed by atoms with Gasteiger partial charge in [-0.05, 0) is 88.6 Å². The van der Waals surface area contributed by atoms with E-state index in [1.807, 2.05) is 46.6 Å². The Balaban J connectivity index is 1.31. The van der Waals surface area contributed by atoms with Gasteiger partial charge in [0.2, 0.25) is 17.7 Å². The number of hydrogen-bond acceptors (Lipinski definition) is 12. The van der Waals surface area contributed by atoms with Crippen molar-refractivity contribution in [2.45, 2.75) is 129 Å². The number of imide groups is 1. The molecule has 7 atom stereocenters. The summed E-state index contributed by atoms with van der Waals surface area (Å²) in [5, 5.41) is 31.2. The number of aliphatic imine (C=N–C) groups is 1. The van der Waals surface area contributed by atoms with Crippen LogP contribution in [0.1, 0.15) is 126 Å². The molecule has 0 radical (unpaired) electrons. The van der Waals surface area contributed by atoms with Gasteiger partial charge in [0.25, 0.3) is 23.6 Å². The number of benzene rings is 1. The molecule has 3 heterocycles. The summed E-state index contributed by atoms with van der Waals surface area (Å²) < 4.78 is 0. The molecule has 2 aliphatic rings. The summed E-state index contributed by atoms with van der Waals surface area (Å²) in [5.74, 6) is -5.07. The largest absolute Gasteiger partial charge is 0.481 e. The summed E-state index contributed by atoms with van der Waals surface area (Å²) in [6.45, 7) is 12.1. The van der Waals surface area contributed by atoms with E-state index in [9.17, 15) is 48.6 Å². The standard InChI is InChI=1S/C49H70N8O10S/c1-9-31(4)36(27-51-48(67)49(6)21-13-22-55(49)7)46(64)56(8)38(30(2)3)26-39(58)45-54-37(29-68-45)44(63)53-35(24-32(5)47(65)66)25-33-15-17-34(18-16-33)52-41(60)28-50-40(59)14-11-10-12-23-57-42(61)19-20-43(57)62/h15-20,27,29-32,35-36,38-39,58H,9-14,21-26,28H2,1-8H3,(H,50,59)(H,52,60)(H,53,63)(H,65,66)/t31-,32-,35+,36?,38+,39+,49+/m0/s1. The molecule has 4 rings (SSSR count). The van der Waals surface area contributed by atoms with Gasteiger partial charge >= 0.3 is 5.97 Å². The van der Waals surface area contributed by atoms with E-state index < -0.39 is 53.3 Å². The predicted molar refractivity (Wildman–Crippen MR) is 259 cm³/mol. The number of unbranched alkanes of at least 4 members (excludes halogenated alkanes) is 2. The van der Waals surface area contributed by atoms with Crippen molar-refractivity contribution in [1.82, 2.24) is 30.3 Å². The highest BCUT2D eigenvalue weighted by molar-refractivity contribution is 7.09. The third kappa shape index (κ3) is 15.4. The first-order chi connectivity index (χ1) is 32.1. The number of carbonyl (C=O) groups is 8. The molecular weight excluding hydrogens is 893 g/mol. The van der Waals surface area contributed by atoms with Gasteiger partial charge in [-0.3, -0.25) is 48.2 Å². The Labute approximate surface area is 403 Å². The van der Waals surface area contributed by atoms with E-state index in [0.29, 0.717) is 37.8 Å². The zero-order chi connectivity index (χ0) is 50.3. The normalized spacial score (nSPS) is 18.9. The maximum Gasteiger partial charge on any atom is 0.306 e. The van der Waals surface area contributed by atoms with Gasteiger partial charge in [0.05, 0.1) is 23.9 Å². The minimum absolute atomic E-state index is 0.0534. The minimum atomic E-state index is -1.11. The highest BCUT2D eigenvalue weighted by atomic mass is 32.1. The summed E-state index contributed by atoms with van der Waals surface area (Å²) in [5.41, 5.74) is 0.571. The number of nitrogens with zero attached hydrogens (tertiary/aromatic N) is 5. The summed E-state index contributed by atoms with van der Waals surface area (Å²) in [6, 6.07) is 5.78. The van der Waals surface area contributed by atoms with Gasteiger partial charge in [0.1, 0.15) is 16.8 Å². The number of carboxylic acid groups (broad SMARTS) is 1. The minimum Gasteiger partial charge on any atom is -0.481 e. The summed E-state index contributed by atoms with van der Waals surface area (Å²) in [4.78, 5) is 115. The Bertz CT molecular complexity index is 2160. The maximum atomic E-state index is 14.1. The number of carboxylic acids is 1. The van der Waals surface area contributed by atoms with Crippen LogP contribution in [0.4, 0.5) is 5.69 Å². The summed E-state index contributed by atoms with van der Waals surface area (Å²) in [6.07, 6.45) is 7.55. The lowest BCUT2D eigenvalue weighted by Crippen LogP contribution is -2.47.